The van der Waals surface area contributed by atoms with E-state index in [0.29, 0.717) is 5.92 Å². The monoisotopic (exact) mass is 251 g/mol. The summed E-state index contributed by atoms with van der Waals surface area (Å²) in [6.45, 7) is 5.22. The van der Waals surface area contributed by atoms with E-state index in [9.17, 15) is 10.1 Å². The van der Waals surface area contributed by atoms with Crippen LogP contribution in [0.5, 0.6) is 0 Å². The molecule has 0 atom stereocenters. The SMILES string of the molecule is CNc1cc(N(C)CCC(C)C)cc([N+](=O)[O-])c1. The average molecular weight is 251 g/mol. The maximum atomic E-state index is 10.9. The molecule has 0 fully saturated rings. The van der Waals surface area contributed by atoms with Gasteiger partial charge in [-0.2, -0.15) is 0 Å². The van der Waals surface area contributed by atoms with E-state index in [1.165, 1.54) is 0 Å². The largest absolute Gasteiger partial charge is 0.388 e. The second-order valence-electron chi connectivity index (χ2n) is 4.85. The van der Waals surface area contributed by atoms with Gasteiger partial charge in [-0.15, -0.1) is 0 Å². The first-order valence-electron chi connectivity index (χ1n) is 6.12. The zero-order chi connectivity index (χ0) is 13.7. The number of nitrogens with one attached hydrogen (secondary N) is 1. The van der Waals surface area contributed by atoms with Crippen molar-refractivity contribution in [1.29, 1.82) is 0 Å². The third kappa shape index (κ3) is 3.91. The number of nitro benzene ring substituents is 1. The molecule has 0 aromatic heterocycles. The number of anilines is 2. The van der Waals surface area contributed by atoms with E-state index in [1.807, 2.05) is 18.0 Å². The van der Waals surface area contributed by atoms with Crippen molar-refractivity contribution in [2.24, 2.45) is 5.92 Å². The van der Waals surface area contributed by atoms with Crippen LogP contribution in [-0.4, -0.2) is 25.6 Å². The summed E-state index contributed by atoms with van der Waals surface area (Å²) in [5, 5.41) is 13.8. The molecule has 0 radical (unpaired) electrons. The van der Waals surface area contributed by atoms with E-state index in [2.05, 4.69) is 19.2 Å². The summed E-state index contributed by atoms with van der Waals surface area (Å²) in [5.74, 6) is 0.620. The number of rotatable bonds is 6. The average Bonchev–Trinajstić information content (AvgIpc) is 2.35. The van der Waals surface area contributed by atoms with Crippen molar-refractivity contribution in [3.05, 3.63) is 28.3 Å². The predicted octanol–water partition coefficient (Wildman–Crippen LogP) is 3.12. The van der Waals surface area contributed by atoms with Crippen molar-refractivity contribution >= 4 is 17.1 Å². The van der Waals surface area contributed by atoms with Crippen LogP contribution in [0.3, 0.4) is 0 Å². The van der Waals surface area contributed by atoms with Crippen molar-refractivity contribution in [1.82, 2.24) is 0 Å². The van der Waals surface area contributed by atoms with Gasteiger partial charge in [-0.05, 0) is 18.4 Å². The van der Waals surface area contributed by atoms with Crippen molar-refractivity contribution < 1.29 is 4.92 Å². The van der Waals surface area contributed by atoms with Crippen molar-refractivity contribution in [2.75, 3.05) is 30.9 Å². The highest BCUT2D eigenvalue weighted by molar-refractivity contribution is 5.64. The Morgan fingerprint density at radius 3 is 2.56 bits per heavy atom. The van der Waals surface area contributed by atoms with Gasteiger partial charge in [0.1, 0.15) is 0 Å². The minimum Gasteiger partial charge on any atom is -0.388 e. The molecule has 5 heteroatoms. The fraction of sp³-hybridized carbons (Fsp3) is 0.538. The van der Waals surface area contributed by atoms with Crippen LogP contribution in [-0.2, 0) is 0 Å². The van der Waals surface area contributed by atoms with Gasteiger partial charge in [0.25, 0.3) is 5.69 Å². The minimum absolute atomic E-state index is 0.119. The van der Waals surface area contributed by atoms with Gasteiger partial charge in [0.15, 0.2) is 0 Å². The van der Waals surface area contributed by atoms with Gasteiger partial charge in [0, 0.05) is 44.1 Å². The van der Waals surface area contributed by atoms with Crippen molar-refractivity contribution in [2.45, 2.75) is 20.3 Å². The molecule has 100 valence electrons. The fourth-order valence-electron chi connectivity index (χ4n) is 1.65. The van der Waals surface area contributed by atoms with E-state index in [4.69, 9.17) is 0 Å². The Labute approximate surface area is 108 Å². The summed E-state index contributed by atoms with van der Waals surface area (Å²) in [4.78, 5) is 12.6. The Morgan fingerprint density at radius 2 is 2.06 bits per heavy atom. The number of benzene rings is 1. The molecule has 1 aromatic rings. The lowest BCUT2D eigenvalue weighted by molar-refractivity contribution is -0.384. The highest BCUT2D eigenvalue weighted by Crippen LogP contribution is 2.26. The summed E-state index contributed by atoms with van der Waals surface area (Å²) in [6, 6.07) is 5.08. The quantitative estimate of drug-likeness (QED) is 0.623. The molecule has 0 bridgehead atoms. The molecule has 18 heavy (non-hydrogen) atoms. The van der Waals surface area contributed by atoms with Crippen LogP contribution in [0.25, 0.3) is 0 Å². The van der Waals surface area contributed by atoms with E-state index >= 15 is 0 Å². The van der Waals surface area contributed by atoms with E-state index in [-0.39, 0.29) is 10.6 Å². The number of nitrogens with zero attached hydrogens (tertiary/aromatic N) is 2. The zero-order valence-electron chi connectivity index (χ0n) is 11.4. The van der Waals surface area contributed by atoms with Gasteiger partial charge in [-0.1, -0.05) is 13.8 Å². The molecular weight excluding hydrogens is 230 g/mol. The predicted molar refractivity (Wildman–Crippen MR) is 75.4 cm³/mol. The fourth-order valence-corrected chi connectivity index (χ4v) is 1.65. The van der Waals surface area contributed by atoms with Crippen LogP contribution in [0.4, 0.5) is 17.1 Å². The van der Waals surface area contributed by atoms with Gasteiger partial charge in [-0.25, -0.2) is 0 Å². The Kier molecular flexibility index (Phi) is 4.95. The van der Waals surface area contributed by atoms with Crippen LogP contribution in [0, 0.1) is 16.0 Å². The standard InChI is InChI=1S/C13H21N3O2/c1-10(2)5-6-15(4)12-7-11(14-3)8-13(9-12)16(17)18/h7-10,14H,5-6H2,1-4H3. The summed E-state index contributed by atoms with van der Waals surface area (Å²) < 4.78 is 0. The molecule has 5 nitrogen and oxygen atoms in total. The van der Waals surface area contributed by atoms with Gasteiger partial charge in [-0.3, -0.25) is 10.1 Å². The topological polar surface area (TPSA) is 58.4 Å². The molecule has 0 aliphatic heterocycles. The van der Waals surface area contributed by atoms with Gasteiger partial charge in [0.2, 0.25) is 0 Å². The first-order chi connectivity index (χ1) is 8.43. The maximum absolute atomic E-state index is 10.9. The second kappa shape index (κ2) is 6.23. The summed E-state index contributed by atoms with van der Waals surface area (Å²) in [7, 11) is 3.72. The Bertz CT molecular complexity index is 419. The molecule has 0 spiro atoms. The number of non-ortho nitro benzene ring substituents is 1. The smallest absolute Gasteiger partial charge is 0.273 e. The lowest BCUT2D eigenvalue weighted by atomic mass is 10.1. The molecule has 1 rings (SSSR count). The molecule has 0 amide bonds. The van der Waals surface area contributed by atoms with Gasteiger partial charge in [0.05, 0.1) is 4.92 Å². The van der Waals surface area contributed by atoms with E-state index in [0.717, 1.165) is 24.3 Å². The van der Waals surface area contributed by atoms with Crippen LogP contribution < -0.4 is 10.2 Å². The highest BCUT2D eigenvalue weighted by atomic mass is 16.6. The first-order valence-corrected chi connectivity index (χ1v) is 6.12. The molecule has 0 saturated heterocycles. The van der Waals surface area contributed by atoms with Crippen molar-refractivity contribution in [3.63, 3.8) is 0 Å². The normalized spacial score (nSPS) is 10.5. The lowest BCUT2D eigenvalue weighted by Crippen LogP contribution is -2.20. The van der Waals surface area contributed by atoms with Crippen molar-refractivity contribution in [3.8, 4) is 0 Å². The number of nitro groups is 1. The first kappa shape index (κ1) is 14.3. The Balaban J connectivity index is 2.93. The van der Waals surface area contributed by atoms with Crippen LogP contribution >= 0.6 is 0 Å². The molecule has 0 aliphatic rings. The summed E-state index contributed by atoms with van der Waals surface area (Å²) >= 11 is 0. The Hall–Kier alpha value is -1.78. The maximum Gasteiger partial charge on any atom is 0.273 e. The lowest BCUT2D eigenvalue weighted by Gasteiger charge is -2.21. The molecular formula is C13H21N3O2. The summed E-state index contributed by atoms with van der Waals surface area (Å²) in [5.41, 5.74) is 1.75. The molecule has 1 N–H and O–H groups in total. The molecule has 1 aromatic carbocycles. The molecule has 0 unspecified atom stereocenters. The third-order valence-corrected chi connectivity index (χ3v) is 2.88. The Morgan fingerprint density at radius 1 is 1.39 bits per heavy atom. The third-order valence-electron chi connectivity index (χ3n) is 2.88. The van der Waals surface area contributed by atoms with Gasteiger partial charge >= 0.3 is 0 Å². The minimum atomic E-state index is -0.360. The van der Waals surface area contributed by atoms with E-state index < -0.39 is 0 Å². The highest BCUT2D eigenvalue weighted by Gasteiger charge is 2.12. The zero-order valence-corrected chi connectivity index (χ0v) is 11.4. The van der Waals surface area contributed by atoms with Crippen LogP contribution in [0.2, 0.25) is 0 Å². The van der Waals surface area contributed by atoms with Crippen LogP contribution in [0.15, 0.2) is 18.2 Å². The number of hydrogen-bond donors (Lipinski definition) is 1. The summed E-state index contributed by atoms with van der Waals surface area (Å²) in [6.07, 6.45) is 1.06. The second-order valence-corrected chi connectivity index (χ2v) is 4.85. The molecule has 0 aliphatic carbocycles. The van der Waals surface area contributed by atoms with Gasteiger partial charge < -0.3 is 10.2 Å². The molecule has 0 saturated carbocycles. The molecule has 0 heterocycles. The van der Waals surface area contributed by atoms with E-state index in [1.54, 1.807) is 19.2 Å². The van der Waals surface area contributed by atoms with Crippen LogP contribution in [0.1, 0.15) is 20.3 Å². The number of hydrogen-bond acceptors (Lipinski definition) is 4.